The van der Waals surface area contributed by atoms with Gasteiger partial charge in [0.1, 0.15) is 5.75 Å². The van der Waals surface area contributed by atoms with Gasteiger partial charge in [-0.05, 0) is 23.6 Å². The van der Waals surface area contributed by atoms with Gasteiger partial charge in [-0.25, -0.2) is 9.59 Å². The fraction of sp³-hybridized carbons (Fsp3) is 0.529. The molecule has 132 valence electrons. The summed E-state index contributed by atoms with van der Waals surface area (Å²) in [5, 5.41) is 18.3. The number of nitrogens with zero attached hydrogens (tertiary/aromatic N) is 2. The number of hydrogen-bond acceptors (Lipinski definition) is 3. The van der Waals surface area contributed by atoms with Gasteiger partial charge in [0, 0.05) is 26.1 Å². The number of piperazine rings is 1. The van der Waals surface area contributed by atoms with Crippen molar-refractivity contribution in [1.82, 2.24) is 9.80 Å². The van der Waals surface area contributed by atoms with E-state index in [-0.39, 0.29) is 25.7 Å². The molecule has 0 bridgehead atoms. The molecule has 1 atom stereocenters. The Bertz CT molecular complexity index is 573. The topological polar surface area (TPSA) is 90.3 Å². The highest BCUT2D eigenvalue weighted by atomic mass is 16.5. The average Bonchev–Trinajstić information content (AvgIpc) is 2.55. The molecule has 24 heavy (non-hydrogen) atoms. The van der Waals surface area contributed by atoms with E-state index >= 15 is 0 Å². The van der Waals surface area contributed by atoms with E-state index in [9.17, 15) is 14.7 Å². The second kappa shape index (κ2) is 7.90. The van der Waals surface area contributed by atoms with Crippen LogP contribution >= 0.6 is 0 Å². The first kappa shape index (κ1) is 17.9. The van der Waals surface area contributed by atoms with Gasteiger partial charge in [-0.1, -0.05) is 26.0 Å². The summed E-state index contributed by atoms with van der Waals surface area (Å²) in [5.74, 6) is 1.18. The van der Waals surface area contributed by atoms with Crippen molar-refractivity contribution < 1.29 is 24.5 Å². The lowest BCUT2D eigenvalue weighted by atomic mass is 10.0. The van der Waals surface area contributed by atoms with Crippen LogP contribution in [-0.4, -0.2) is 64.5 Å². The van der Waals surface area contributed by atoms with Gasteiger partial charge in [0.05, 0.1) is 12.6 Å². The zero-order valence-corrected chi connectivity index (χ0v) is 14.0. The monoisotopic (exact) mass is 336 g/mol. The van der Waals surface area contributed by atoms with Crippen molar-refractivity contribution in [3.8, 4) is 5.75 Å². The van der Waals surface area contributed by atoms with Crippen molar-refractivity contribution >= 4 is 12.2 Å². The van der Waals surface area contributed by atoms with Crippen LogP contribution in [0.25, 0.3) is 0 Å². The van der Waals surface area contributed by atoms with Gasteiger partial charge >= 0.3 is 12.2 Å². The first-order valence-electron chi connectivity index (χ1n) is 8.08. The predicted octanol–water partition coefficient (Wildman–Crippen LogP) is 2.92. The molecule has 0 spiro atoms. The van der Waals surface area contributed by atoms with E-state index < -0.39 is 12.2 Å². The highest BCUT2D eigenvalue weighted by molar-refractivity contribution is 5.68. The van der Waals surface area contributed by atoms with Crippen molar-refractivity contribution in [2.75, 3.05) is 26.2 Å². The quantitative estimate of drug-likeness (QED) is 0.863. The molecule has 7 heteroatoms. The molecular weight excluding hydrogens is 312 g/mol. The molecule has 0 aliphatic carbocycles. The molecule has 1 fully saturated rings. The number of benzene rings is 1. The molecule has 1 heterocycles. The molecule has 7 nitrogen and oxygen atoms in total. The summed E-state index contributed by atoms with van der Waals surface area (Å²) in [6.45, 7) is 5.15. The number of carbonyl (C=O) groups is 2. The number of amides is 2. The number of carboxylic acid groups (broad SMARTS) is 2. The Labute approximate surface area is 141 Å². The van der Waals surface area contributed by atoms with Crippen molar-refractivity contribution in [3.05, 3.63) is 29.8 Å². The maximum atomic E-state index is 11.3. The minimum absolute atomic E-state index is 0.178. The molecule has 1 aliphatic heterocycles. The second-order valence-corrected chi connectivity index (χ2v) is 6.22. The van der Waals surface area contributed by atoms with Crippen LogP contribution in [0.4, 0.5) is 9.59 Å². The molecule has 1 saturated heterocycles. The third kappa shape index (κ3) is 4.53. The first-order valence-corrected chi connectivity index (χ1v) is 8.08. The standard InChI is InChI=1S/C17H24N2O5/c1-12(2)13-3-5-15(6-4-13)24-10-7-14-11-18(16(20)21)8-9-19(14)17(22)23/h3-6,12,14H,7-11H2,1-2H3,(H,20,21)(H,22,23)/t14-/m1/s1. The van der Waals surface area contributed by atoms with Gasteiger partial charge in [-0.2, -0.15) is 0 Å². The van der Waals surface area contributed by atoms with Crippen molar-refractivity contribution in [2.24, 2.45) is 0 Å². The maximum absolute atomic E-state index is 11.3. The van der Waals surface area contributed by atoms with Gasteiger partial charge < -0.3 is 24.7 Å². The number of rotatable bonds is 5. The van der Waals surface area contributed by atoms with Crippen LogP contribution in [0, 0.1) is 0 Å². The molecular formula is C17H24N2O5. The first-order chi connectivity index (χ1) is 11.4. The third-order valence-corrected chi connectivity index (χ3v) is 4.27. The Morgan fingerprint density at radius 2 is 1.83 bits per heavy atom. The Morgan fingerprint density at radius 1 is 1.17 bits per heavy atom. The van der Waals surface area contributed by atoms with Crippen molar-refractivity contribution in [3.63, 3.8) is 0 Å². The van der Waals surface area contributed by atoms with E-state index in [1.807, 2.05) is 24.3 Å². The van der Waals surface area contributed by atoms with E-state index in [2.05, 4.69) is 13.8 Å². The highest BCUT2D eigenvalue weighted by Crippen LogP contribution is 2.19. The SMILES string of the molecule is CC(C)c1ccc(OCC[C@@H]2CN(C(=O)O)CCN2C(=O)O)cc1. The fourth-order valence-corrected chi connectivity index (χ4v) is 2.79. The lowest BCUT2D eigenvalue weighted by molar-refractivity contribution is 0.0562. The van der Waals surface area contributed by atoms with E-state index in [1.54, 1.807) is 0 Å². The van der Waals surface area contributed by atoms with Crippen LogP contribution in [0.5, 0.6) is 5.75 Å². The summed E-state index contributed by atoms with van der Waals surface area (Å²) in [6, 6.07) is 7.43. The second-order valence-electron chi connectivity index (χ2n) is 6.22. The van der Waals surface area contributed by atoms with Crippen LogP contribution in [-0.2, 0) is 0 Å². The lowest BCUT2D eigenvalue weighted by Gasteiger charge is -2.38. The van der Waals surface area contributed by atoms with Gasteiger partial charge in [0.15, 0.2) is 0 Å². The zero-order valence-electron chi connectivity index (χ0n) is 14.0. The van der Waals surface area contributed by atoms with Crippen LogP contribution in [0.15, 0.2) is 24.3 Å². The summed E-state index contributed by atoms with van der Waals surface area (Å²) < 4.78 is 5.68. The number of hydrogen-bond donors (Lipinski definition) is 2. The predicted molar refractivity (Wildman–Crippen MR) is 88.8 cm³/mol. The smallest absolute Gasteiger partial charge is 0.407 e. The van der Waals surface area contributed by atoms with Gasteiger partial charge in [0.25, 0.3) is 0 Å². The Morgan fingerprint density at radius 3 is 2.38 bits per heavy atom. The summed E-state index contributed by atoms with van der Waals surface area (Å²) >= 11 is 0. The van der Waals surface area contributed by atoms with E-state index in [4.69, 9.17) is 9.84 Å². The summed E-state index contributed by atoms with van der Waals surface area (Å²) in [6.07, 6.45) is -1.59. The van der Waals surface area contributed by atoms with E-state index in [0.717, 1.165) is 5.75 Å². The maximum Gasteiger partial charge on any atom is 0.407 e. The summed E-state index contributed by atoms with van der Waals surface area (Å²) in [5.41, 5.74) is 1.23. The van der Waals surface area contributed by atoms with Gasteiger partial charge in [-0.15, -0.1) is 0 Å². The molecule has 2 rings (SSSR count). The molecule has 0 saturated carbocycles. The molecule has 2 amide bonds. The lowest BCUT2D eigenvalue weighted by Crippen LogP contribution is -2.56. The van der Waals surface area contributed by atoms with Crippen LogP contribution < -0.4 is 4.74 Å². The Hall–Kier alpha value is -2.44. The third-order valence-electron chi connectivity index (χ3n) is 4.27. The Kier molecular flexibility index (Phi) is 5.89. The zero-order chi connectivity index (χ0) is 17.7. The van der Waals surface area contributed by atoms with Crippen LogP contribution in [0.3, 0.4) is 0 Å². The number of ether oxygens (including phenoxy) is 1. The van der Waals surface area contributed by atoms with Gasteiger partial charge in [0.2, 0.25) is 0 Å². The summed E-state index contributed by atoms with van der Waals surface area (Å²) in [7, 11) is 0. The molecule has 0 radical (unpaired) electrons. The molecule has 2 N–H and O–H groups in total. The van der Waals surface area contributed by atoms with Crippen molar-refractivity contribution in [1.29, 1.82) is 0 Å². The normalized spacial score (nSPS) is 17.9. The van der Waals surface area contributed by atoms with Gasteiger partial charge in [-0.3, -0.25) is 0 Å². The fourth-order valence-electron chi connectivity index (χ4n) is 2.79. The van der Waals surface area contributed by atoms with E-state index in [1.165, 1.54) is 15.4 Å². The molecule has 1 aromatic rings. The summed E-state index contributed by atoms with van der Waals surface area (Å²) in [4.78, 5) is 24.9. The largest absolute Gasteiger partial charge is 0.494 e. The Balaban J connectivity index is 1.90. The average molecular weight is 336 g/mol. The molecule has 0 unspecified atom stereocenters. The molecule has 0 aromatic heterocycles. The van der Waals surface area contributed by atoms with Crippen LogP contribution in [0.2, 0.25) is 0 Å². The highest BCUT2D eigenvalue weighted by Gasteiger charge is 2.32. The van der Waals surface area contributed by atoms with Crippen molar-refractivity contribution in [2.45, 2.75) is 32.2 Å². The minimum atomic E-state index is -1.02. The van der Waals surface area contributed by atoms with Crippen LogP contribution in [0.1, 0.15) is 31.7 Å². The molecule has 1 aromatic carbocycles. The molecule has 1 aliphatic rings. The minimum Gasteiger partial charge on any atom is -0.494 e. The van der Waals surface area contributed by atoms with E-state index in [0.29, 0.717) is 18.9 Å².